The van der Waals surface area contributed by atoms with Crippen molar-refractivity contribution < 1.29 is 18.7 Å². The quantitative estimate of drug-likeness (QED) is 0.435. The van der Waals surface area contributed by atoms with Gasteiger partial charge in [0.25, 0.3) is 5.91 Å². The van der Waals surface area contributed by atoms with Crippen LogP contribution < -0.4 is 15.0 Å². The summed E-state index contributed by atoms with van der Waals surface area (Å²) in [6.45, 7) is 6.25. The van der Waals surface area contributed by atoms with E-state index in [4.69, 9.17) is 9.15 Å². The molecule has 2 aromatic carbocycles. The Balaban J connectivity index is 1.53. The number of aromatic nitrogens is 2. The molecule has 0 bridgehead atoms. The Labute approximate surface area is 209 Å². The van der Waals surface area contributed by atoms with E-state index in [0.717, 1.165) is 22.4 Å². The van der Waals surface area contributed by atoms with Gasteiger partial charge in [-0.15, -0.1) is 0 Å². The lowest BCUT2D eigenvalue weighted by atomic mass is 9.92. The first-order valence-electron chi connectivity index (χ1n) is 11.8. The van der Waals surface area contributed by atoms with Gasteiger partial charge >= 0.3 is 0 Å². The molecule has 1 aliphatic heterocycles. The van der Waals surface area contributed by atoms with Crippen LogP contribution in [0.15, 0.2) is 71.3 Å². The van der Waals surface area contributed by atoms with Gasteiger partial charge in [-0.05, 0) is 67.8 Å². The predicted molar refractivity (Wildman–Crippen MR) is 136 cm³/mol. The zero-order valence-electron chi connectivity index (χ0n) is 20.7. The molecule has 0 radical (unpaired) electrons. The Morgan fingerprint density at radius 2 is 1.92 bits per heavy atom. The number of nitrogens with zero attached hydrogens (tertiary/aromatic N) is 3. The molecule has 0 aliphatic carbocycles. The molecule has 5 rings (SSSR count). The Bertz CT molecular complexity index is 1420. The van der Waals surface area contributed by atoms with E-state index in [1.807, 2.05) is 56.3 Å². The third kappa shape index (κ3) is 3.94. The second-order valence-corrected chi connectivity index (χ2v) is 9.21. The number of hydrogen-bond donors (Lipinski definition) is 1. The molecule has 8 heteroatoms. The van der Waals surface area contributed by atoms with Gasteiger partial charge in [0.2, 0.25) is 5.91 Å². The van der Waals surface area contributed by atoms with Crippen molar-refractivity contribution in [3.8, 4) is 17.2 Å². The van der Waals surface area contributed by atoms with E-state index in [1.54, 1.807) is 48.1 Å². The van der Waals surface area contributed by atoms with Crippen molar-refractivity contribution in [3.63, 3.8) is 0 Å². The van der Waals surface area contributed by atoms with E-state index in [1.165, 1.54) is 0 Å². The summed E-state index contributed by atoms with van der Waals surface area (Å²) in [4.78, 5) is 29.4. The number of furan rings is 1. The summed E-state index contributed by atoms with van der Waals surface area (Å²) in [6, 6.07) is 18.6. The van der Waals surface area contributed by atoms with Crippen LogP contribution in [0, 0.1) is 13.8 Å². The van der Waals surface area contributed by atoms with E-state index in [0.29, 0.717) is 29.4 Å². The first-order valence-corrected chi connectivity index (χ1v) is 11.8. The lowest BCUT2D eigenvalue weighted by Gasteiger charge is -2.43. The molecule has 1 N–H and O–H groups in total. The van der Waals surface area contributed by atoms with Gasteiger partial charge in [-0.3, -0.25) is 19.2 Å². The highest BCUT2D eigenvalue weighted by atomic mass is 16.5. The normalized spacial score (nSPS) is 17.1. The van der Waals surface area contributed by atoms with Crippen molar-refractivity contribution in [2.75, 3.05) is 12.0 Å². The number of hydrogen-bond acceptors (Lipinski definition) is 5. The fourth-order valence-electron chi connectivity index (χ4n) is 4.60. The largest absolute Gasteiger partial charge is 0.497 e. The zero-order valence-corrected chi connectivity index (χ0v) is 20.7. The minimum absolute atomic E-state index is 0.191. The molecule has 184 valence electrons. The van der Waals surface area contributed by atoms with Crippen LogP contribution >= 0.6 is 0 Å². The number of aryl methyl sites for hydroxylation is 1. The van der Waals surface area contributed by atoms with Crippen LogP contribution in [0.25, 0.3) is 11.5 Å². The fourth-order valence-corrected chi connectivity index (χ4v) is 4.60. The third-order valence-corrected chi connectivity index (χ3v) is 6.85. The van der Waals surface area contributed by atoms with Crippen LogP contribution in [-0.4, -0.2) is 34.2 Å². The van der Waals surface area contributed by atoms with E-state index >= 15 is 0 Å². The maximum Gasteiger partial charge on any atom is 0.277 e. The molecule has 4 aromatic rings. The maximum absolute atomic E-state index is 14.0. The molecule has 0 saturated heterocycles. The number of nitrogens with one attached hydrogen (secondary N) is 1. The highest BCUT2D eigenvalue weighted by Gasteiger charge is 2.49. The summed E-state index contributed by atoms with van der Waals surface area (Å²) < 4.78 is 12.3. The van der Waals surface area contributed by atoms with Crippen LogP contribution in [0.2, 0.25) is 0 Å². The average molecular weight is 485 g/mol. The van der Waals surface area contributed by atoms with Gasteiger partial charge in [0.05, 0.1) is 19.9 Å². The SMILES string of the molecule is COc1ccc(CNC(=O)C2(C)Cn3nc(-c4ccco4)cc3C(=O)N2c2cccc(C)c2C)cc1. The van der Waals surface area contributed by atoms with Gasteiger partial charge in [-0.2, -0.15) is 5.10 Å². The van der Waals surface area contributed by atoms with Crippen LogP contribution in [0.4, 0.5) is 5.69 Å². The van der Waals surface area contributed by atoms with E-state index in [9.17, 15) is 9.59 Å². The second-order valence-electron chi connectivity index (χ2n) is 9.21. The highest BCUT2D eigenvalue weighted by molar-refractivity contribution is 6.12. The Hall–Kier alpha value is -4.33. The van der Waals surface area contributed by atoms with E-state index in [2.05, 4.69) is 10.4 Å². The Morgan fingerprint density at radius 3 is 2.61 bits per heavy atom. The first kappa shape index (κ1) is 23.4. The van der Waals surface area contributed by atoms with Gasteiger partial charge < -0.3 is 14.5 Å². The monoisotopic (exact) mass is 484 g/mol. The number of benzene rings is 2. The highest BCUT2D eigenvalue weighted by Crippen LogP contribution is 2.36. The van der Waals surface area contributed by atoms with Crippen molar-refractivity contribution in [2.45, 2.75) is 39.4 Å². The van der Waals surface area contributed by atoms with Crippen molar-refractivity contribution in [3.05, 3.63) is 89.3 Å². The van der Waals surface area contributed by atoms with Gasteiger partial charge in [0.1, 0.15) is 22.7 Å². The van der Waals surface area contributed by atoms with Crippen LogP contribution in [0.3, 0.4) is 0 Å². The molecular formula is C28H28N4O4. The smallest absolute Gasteiger partial charge is 0.277 e. The summed E-state index contributed by atoms with van der Waals surface area (Å²) in [5, 5.41) is 7.64. The molecule has 1 atom stereocenters. The number of ether oxygens (including phenoxy) is 1. The number of amides is 2. The number of carbonyl (C=O) groups is 2. The molecular weight excluding hydrogens is 456 g/mol. The number of carbonyl (C=O) groups excluding carboxylic acids is 2. The summed E-state index contributed by atoms with van der Waals surface area (Å²) >= 11 is 0. The average Bonchev–Trinajstić information content (AvgIpc) is 3.55. The maximum atomic E-state index is 14.0. The number of anilines is 1. The number of fused-ring (bicyclic) bond motifs is 1. The van der Waals surface area contributed by atoms with Crippen molar-refractivity contribution in [1.29, 1.82) is 0 Å². The van der Waals surface area contributed by atoms with Gasteiger partial charge in [0.15, 0.2) is 5.76 Å². The molecule has 36 heavy (non-hydrogen) atoms. The summed E-state index contributed by atoms with van der Waals surface area (Å²) in [5.41, 5.74) is 3.34. The van der Waals surface area contributed by atoms with Crippen LogP contribution in [0.1, 0.15) is 34.1 Å². The van der Waals surface area contributed by atoms with Crippen molar-refractivity contribution in [1.82, 2.24) is 15.1 Å². The fraction of sp³-hybridized carbons (Fsp3) is 0.250. The van der Waals surface area contributed by atoms with Crippen LogP contribution in [-0.2, 0) is 17.9 Å². The van der Waals surface area contributed by atoms with Crippen molar-refractivity contribution in [2.24, 2.45) is 0 Å². The third-order valence-electron chi connectivity index (χ3n) is 6.85. The lowest BCUT2D eigenvalue weighted by Crippen LogP contribution is -2.64. The van der Waals surface area contributed by atoms with E-state index in [-0.39, 0.29) is 18.4 Å². The molecule has 3 heterocycles. The Kier molecular flexibility index (Phi) is 5.88. The summed E-state index contributed by atoms with van der Waals surface area (Å²) in [5.74, 6) is 0.749. The molecule has 0 fully saturated rings. The minimum Gasteiger partial charge on any atom is -0.497 e. The molecule has 0 spiro atoms. The topological polar surface area (TPSA) is 89.6 Å². The molecule has 8 nitrogen and oxygen atoms in total. The lowest BCUT2D eigenvalue weighted by molar-refractivity contribution is -0.126. The summed E-state index contributed by atoms with van der Waals surface area (Å²) in [6.07, 6.45) is 1.56. The van der Waals surface area contributed by atoms with Crippen LogP contribution in [0.5, 0.6) is 5.75 Å². The molecule has 2 aromatic heterocycles. The minimum atomic E-state index is -1.22. The molecule has 1 unspecified atom stereocenters. The standard InChI is InChI=1S/C28H28N4O4/c1-18-7-5-8-23(19(18)2)32-26(33)24-15-22(25-9-6-14-36-25)30-31(24)17-28(32,3)27(34)29-16-20-10-12-21(35-4)13-11-20/h5-15H,16-17H2,1-4H3,(H,29,34). The number of rotatable bonds is 6. The second kappa shape index (κ2) is 9.03. The number of methoxy groups -OCH3 is 1. The molecule has 2 amide bonds. The van der Waals surface area contributed by atoms with Gasteiger partial charge in [-0.25, -0.2) is 0 Å². The molecule has 1 aliphatic rings. The van der Waals surface area contributed by atoms with Gasteiger partial charge in [-0.1, -0.05) is 24.3 Å². The van der Waals surface area contributed by atoms with E-state index < -0.39 is 5.54 Å². The van der Waals surface area contributed by atoms with Gasteiger partial charge in [0, 0.05) is 18.3 Å². The summed E-state index contributed by atoms with van der Waals surface area (Å²) in [7, 11) is 1.61. The first-order chi connectivity index (χ1) is 17.3. The predicted octanol–water partition coefficient (Wildman–Crippen LogP) is 4.50. The van der Waals surface area contributed by atoms with Crippen molar-refractivity contribution >= 4 is 17.5 Å². The Morgan fingerprint density at radius 1 is 1.14 bits per heavy atom. The zero-order chi connectivity index (χ0) is 25.4. The molecule has 0 saturated carbocycles.